The van der Waals surface area contributed by atoms with Crippen molar-refractivity contribution >= 4 is 29.1 Å². The molecule has 0 spiro atoms. The second-order valence-electron chi connectivity index (χ2n) is 6.45. The zero-order valence-corrected chi connectivity index (χ0v) is 13.6. The Labute approximate surface area is 130 Å². The van der Waals surface area contributed by atoms with Crippen molar-refractivity contribution in [3.8, 4) is 5.75 Å². The summed E-state index contributed by atoms with van der Waals surface area (Å²) in [6.45, 7) is 5.64. The van der Waals surface area contributed by atoms with Crippen molar-refractivity contribution < 1.29 is 9.53 Å². The first-order chi connectivity index (χ1) is 9.67. The Morgan fingerprint density at radius 3 is 2.57 bits per heavy atom. The lowest BCUT2D eigenvalue weighted by atomic mass is 10.1. The van der Waals surface area contributed by atoms with E-state index in [1.165, 1.54) is 0 Å². The molecule has 1 amide bonds. The van der Waals surface area contributed by atoms with E-state index in [4.69, 9.17) is 22.1 Å². The van der Waals surface area contributed by atoms with Gasteiger partial charge in [0.25, 0.3) is 0 Å². The monoisotopic (exact) mass is 311 g/mol. The molecule has 0 atom stereocenters. The number of hydrogen-bond acceptors (Lipinski definition) is 4. The Balaban J connectivity index is 2.19. The summed E-state index contributed by atoms with van der Waals surface area (Å²) in [5, 5.41) is 3.29. The molecule has 1 fully saturated rings. The SMILES string of the molecule is CN(c1cc(OC(=O)NC(C)(C)C)c(N)cc1Cl)C1CC1. The maximum absolute atomic E-state index is 11.9. The van der Waals surface area contributed by atoms with E-state index < -0.39 is 6.09 Å². The van der Waals surface area contributed by atoms with Crippen LogP contribution in [0.15, 0.2) is 12.1 Å². The van der Waals surface area contributed by atoms with Gasteiger partial charge >= 0.3 is 6.09 Å². The smallest absolute Gasteiger partial charge is 0.408 e. The van der Waals surface area contributed by atoms with E-state index >= 15 is 0 Å². The van der Waals surface area contributed by atoms with Crippen molar-refractivity contribution in [2.24, 2.45) is 0 Å². The molecule has 0 unspecified atom stereocenters. The highest BCUT2D eigenvalue weighted by Gasteiger charge is 2.28. The number of nitrogens with one attached hydrogen (secondary N) is 1. The maximum atomic E-state index is 11.9. The fourth-order valence-electron chi connectivity index (χ4n) is 2.01. The predicted octanol–water partition coefficient (Wildman–Crippen LogP) is 3.41. The highest BCUT2D eigenvalue weighted by molar-refractivity contribution is 6.33. The zero-order chi connectivity index (χ0) is 15.8. The zero-order valence-electron chi connectivity index (χ0n) is 12.9. The van der Waals surface area contributed by atoms with Crippen LogP contribution in [-0.2, 0) is 0 Å². The number of carbonyl (C=O) groups is 1. The number of rotatable bonds is 3. The van der Waals surface area contributed by atoms with Crippen LogP contribution in [0.1, 0.15) is 33.6 Å². The standard InChI is InChI=1S/C15H22ClN3O2/c1-15(2,3)18-14(20)21-13-8-12(10(16)7-11(13)17)19(4)9-5-6-9/h7-9H,5-6,17H2,1-4H3,(H,18,20). The van der Waals surface area contributed by atoms with E-state index in [2.05, 4.69) is 10.2 Å². The largest absolute Gasteiger partial charge is 0.413 e. The predicted molar refractivity (Wildman–Crippen MR) is 86.2 cm³/mol. The molecular weight excluding hydrogens is 290 g/mol. The van der Waals surface area contributed by atoms with E-state index in [0.717, 1.165) is 18.5 Å². The second-order valence-corrected chi connectivity index (χ2v) is 6.86. The number of ether oxygens (including phenoxy) is 1. The quantitative estimate of drug-likeness (QED) is 0.839. The van der Waals surface area contributed by atoms with Gasteiger partial charge in [-0.15, -0.1) is 0 Å². The number of hydrogen-bond donors (Lipinski definition) is 2. The fourth-order valence-corrected chi connectivity index (χ4v) is 2.31. The molecule has 0 bridgehead atoms. The Morgan fingerprint density at radius 2 is 2.05 bits per heavy atom. The van der Waals surface area contributed by atoms with Gasteiger partial charge in [0.2, 0.25) is 0 Å². The molecule has 3 N–H and O–H groups in total. The first-order valence-electron chi connectivity index (χ1n) is 6.99. The molecule has 0 aromatic heterocycles. The van der Waals surface area contributed by atoms with Crippen LogP contribution in [0.3, 0.4) is 0 Å². The summed E-state index contributed by atoms with van der Waals surface area (Å²) in [7, 11) is 1.98. The molecule has 1 aliphatic rings. The summed E-state index contributed by atoms with van der Waals surface area (Å²) < 4.78 is 5.31. The first-order valence-corrected chi connectivity index (χ1v) is 7.37. The normalized spacial score (nSPS) is 14.7. The number of anilines is 2. The number of benzene rings is 1. The minimum atomic E-state index is -0.531. The number of nitrogens with two attached hydrogens (primary N) is 1. The van der Waals surface area contributed by atoms with Crippen molar-refractivity contribution in [3.05, 3.63) is 17.2 Å². The first kappa shape index (κ1) is 15.8. The van der Waals surface area contributed by atoms with Crippen LogP contribution in [0.5, 0.6) is 5.75 Å². The Kier molecular flexibility index (Phi) is 4.23. The molecule has 0 heterocycles. The van der Waals surface area contributed by atoms with Crippen LogP contribution in [0.2, 0.25) is 5.02 Å². The molecule has 116 valence electrons. The summed E-state index contributed by atoms with van der Waals surface area (Å²) in [5.41, 5.74) is 6.69. The number of carbonyl (C=O) groups excluding carboxylic acids is 1. The van der Waals surface area contributed by atoms with E-state index in [1.54, 1.807) is 12.1 Å². The van der Waals surface area contributed by atoms with E-state index in [9.17, 15) is 4.79 Å². The summed E-state index contributed by atoms with van der Waals surface area (Å²) >= 11 is 6.23. The van der Waals surface area contributed by atoms with Gasteiger partial charge in [-0.3, -0.25) is 0 Å². The van der Waals surface area contributed by atoms with Gasteiger partial charge in [-0.25, -0.2) is 4.79 Å². The Morgan fingerprint density at radius 1 is 1.43 bits per heavy atom. The summed E-state index contributed by atoms with van der Waals surface area (Å²) in [4.78, 5) is 14.0. The van der Waals surface area contributed by atoms with E-state index in [0.29, 0.717) is 22.5 Å². The number of amides is 1. The molecule has 1 aromatic carbocycles. The lowest BCUT2D eigenvalue weighted by Gasteiger charge is -2.23. The van der Waals surface area contributed by atoms with Crippen molar-refractivity contribution in [1.29, 1.82) is 0 Å². The van der Waals surface area contributed by atoms with Crippen LogP contribution in [0, 0.1) is 0 Å². The average Bonchev–Trinajstić information content (AvgIpc) is 3.13. The van der Waals surface area contributed by atoms with Gasteiger partial charge in [0.1, 0.15) is 0 Å². The fraction of sp³-hybridized carbons (Fsp3) is 0.533. The summed E-state index contributed by atoms with van der Waals surface area (Å²) in [5.74, 6) is 0.323. The van der Waals surface area contributed by atoms with Gasteiger partial charge in [-0.1, -0.05) is 11.6 Å². The molecule has 6 heteroatoms. The van der Waals surface area contributed by atoms with Crippen molar-refractivity contribution in [1.82, 2.24) is 5.32 Å². The van der Waals surface area contributed by atoms with Crippen LogP contribution in [0.25, 0.3) is 0 Å². The highest BCUT2D eigenvalue weighted by Crippen LogP contribution is 2.39. The van der Waals surface area contributed by atoms with Crippen LogP contribution in [-0.4, -0.2) is 24.7 Å². The maximum Gasteiger partial charge on any atom is 0.413 e. The molecule has 0 aliphatic heterocycles. The molecule has 1 aliphatic carbocycles. The van der Waals surface area contributed by atoms with Gasteiger partial charge in [-0.05, 0) is 39.7 Å². The number of nitrogens with zero attached hydrogens (tertiary/aromatic N) is 1. The van der Waals surface area contributed by atoms with E-state index in [1.807, 2.05) is 27.8 Å². The van der Waals surface area contributed by atoms with Gasteiger partial charge < -0.3 is 20.7 Å². The second kappa shape index (κ2) is 5.64. The van der Waals surface area contributed by atoms with Crippen LogP contribution < -0.4 is 20.7 Å². The topological polar surface area (TPSA) is 67.6 Å². The Hall–Kier alpha value is -1.62. The molecule has 1 aromatic rings. The Bertz CT molecular complexity index is 551. The third-order valence-corrected chi connectivity index (χ3v) is 3.54. The molecule has 0 radical (unpaired) electrons. The van der Waals surface area contributed by atoms with Crippen molar-refractivity contribution in [2.45, 2.75) is 45.2 Å². The van der Waals surface area contributed by atoms with Crippen molar-refractivity contribution in [2.75, 3.05) is 17.7 Å². The van der Waals surface area contributed by atoms with Gasteiger partial charge in [0.15, 0.2) is 5.75 Å². The third kappa shape index (κ3) is 4.17. The van der Waals surface area contributed by atoms with Gasteiger partial charge in [0.05, 0.1) is 16.4 Å². The molecule has 21 heavy (non-hydrogen) atoms. The van der Waals surface area contributed by atoms with Crippen molar-refractivity contribution in [3.63, 3.8) is 0 Å². The molecule has 0 saturated heterocycles. The lowest BCUT2D eigenvalue weighted by molar-refractivity contribution is 0.191. The third-order valence-electron chi connectivity index (χ3n) is 3.23. The summed E-state index contributed by atoms with van der Waals surface area (Å²) in [6, 6.07) is 3.84. The molecular formula is C15H22ClN3O2. The molecule has 1 saturated carbocycles. The minimum Gasteiger partial charge on any atom is -0.408 e. The molecule has 5 nitrogen and oxygen atoms in total. The highest BCUT2D eigenvalue weighted by atomic mass is 35.5. The summed E-state index contributed by atoms with van der Waals surface area (Å²) in [6.07, 6.45) is 1.77. The lowest BCUT2D eigenvalue weighted by Crippen LogP contribution is -2.42. The average molecular weight is 312 g/mol. The van der Waals surface area contributed by atoms with Crippen LogP contribution >= 0.6 is 11.6 Å². The number of halogens is 1. The minimum absolute atomic E-state index is 0.323. The van der Waals surface area contributed by atoms with Gasteiger partial charge in [-0.2, -0.15) is 0 Å². The number of nitrogen functional groups attached to an aromatic ring is 1. The van der Waals surface area contributed by atoms with E-state index in [-0.39, 0.29) is 5.54 Å². The molecule has 2 rings (SSSR count). The van der Waals surface area contributed by atoms with Crippen LogP contribution in [0.4, 0.5) is 16.2 Å². The van der Waals surface area contributed by atoms with Gasteiger partial charge in [0, 0.05) is 24.7 Å².